The first-order valence-electron chi connectivity index (χ1n) is 8.60. The molecule has 2 heterocycles. The molecule has 22 heavy (non-hydrogen) atoms. The van der Waals surface area contributed by atoms with Crippen molar-refractivity contribution < 1.29 is 4.42 Å². The Hall–Kier alpha value is -1.49. The zero-order chi connectivity index (χ0) is 15.8. The third-order valence-electron chi connectivity index (χ3n) is 4.28. The summed E-state index contributed by atoms with van der Waals surface area (Å²) >= 11 is 0. The minimum atomic E-state index is 0.209. The number of nitrogens with one attached hydrogen (secondary N) is 1. The third kappa shape index (κ3) is 4.26. The molecule has 124 valence electrons. The van der Waals surface area contributed by atoms with Crippen molar-refractivity contribution in [2.45, 2.75) is 39.7 Å². The Labute approximate surface area is 134 Å². The Morgan fingerprint density at radius 2 is 2.05 bits per heavy atom. The van der Waals surface area contributed by atoms with Crippen LogP contribution in [0, 0.1) is 0 Å². The largest absolute Gasteiger partial charge is 0.468 e. The van der Waals surface area contributed by atoms with Gasteiger partial charge in [-0.1, -0.05) is 13.8 Å². The first-order chi connectivity index (χ1) is 10.8. The van der Waals surface area contributed by atoms with Gasteiger partial charge in [0.1, 0.15) is 5.76 Å². The number of furan rings is 1. The van der Waals surface area contributed by atoms with Crippen LogP contribution < -0.4 is 5.32 Å². The predicted octanol–water partition coefficient (Wildman–Crippen LogP) is 2.72. The molecule has 0 aromatic carbocycles. The van der Waals surface area contributed by atoms with Gasteiger partial charge in [-0.15, -0.1) is 0 Å². The first-order valence-corrected chi connectivity index (χ1v) is 8.60. The van der Waals surface area contributed by atoms with E-state index >= 15 is 0 Å². The van der Waals surface area contributed by atoms with Crippen molar-refractivity contribution in [2.24, 2.45) is 4.99 Å². The summed E-state index contributed by atoms with van der Waals surface area (Å²) < 4.78 is 5.65. The van der Waals surface area contributed by atoms with Gasteiger partial charge in [0.05, 0.1) is 18.8 Å². The molecule has 0 amide bonds. The standard InChI is InChI=1S/C17H30N4O/c1-4-18-17(21-11-7-8-12-21)19-14-15(20(5-2)6-3)16-10-9-13-22-16/h9-10,13,15H,4-8,11-12,14H2,1-3H3,(H,18,19). The average Bonchev–Trinajstić information content (AvgIpc) is 3.23. The average molecular weight is 306 g/mol. The van der Waals surface area contributed by atoms with E-state index in [0.717, 1.165) is 51.0 Å². The van der Waals surface area contributed by atoms with Crippen LogP contribution in [0.5, 0.6) is 0 Å². The summed E-state index contributed by atoms with van der Waals surface area (Å²) in [7, 11) is 0. The summed E-state index contributed by atoms with van der Waals surface area (Å²) in [5.41, 5.74) is 0. The van der Waals surface area contributed by atoms with E-state index in [0.29, 0.717) is 0 Å². The fourth-order valence-electron chi connectivity index (χ4n) is 3.06. The monoisotopic (exact) mass is 306 g/mol. The molecule has 1 fully saturated rings. The van der Waals surface area contributed by atoms with Gasteiger partial charge in [-0.25, -0.2) is 0 Å². The molecule has 1 unspecified atom stereocenters. The summed E-state index contributed by atoms with van der Waals surface area (Å²) in [6.07, 6.45) is 4.28. The summed E-state index contributed by atoms with van der Waals surface area (Å²) in [5.74, 6) is 2.05. The first kappa shape index (κ1) is 16.9. The van der Waals surface area contributed by atoms with Crippen LogP contribution in [-0.4, -0.2) is 55.0 Å². The van der Waals surface area contributed by atoms with E-state index in [2.05, 4.69) is 42.0 Å². The highest BCUT2D eigenvalue weighted by molar-refractivity contribution is 5.80. The van der Waals surface area contributed by atoms with Crippen molar-refractivity contribution in [3.05, 3.63) is 24.2 Å². The van der Waals surface area contributed by atoms with Crippen LogP contribution in [0.25, 0.3) is 0 Å². The molecule has 1 atom stereocenters. The number of guanidine groups is 1. The fraction of sp³-hybridized carbons (Fsp3) is 0.706. The Morgan fingerprint density at radius 1 is 1.32 bits per heavy atom. The SMILES string of the molecule is CCNC(=NCC(c1ccco1)N(CC)CC)N1CCCC1. The molecule has 1 aromatic heterocycles. The molecule has 2 rings (SSSR count). The van der Waals surface area contributed by atoms with E-state index < -0.39 is 0 Å². The Morgan fingerprint density at radius 3 is 2.59 bits per heavy atom. The second kappa shape index (κ2) is 8.83. The van der Waals surface area contributed by atoms with Gasteiger partial charge in [0.2, 0.25) is 0 Å². The van der Waals surface area contributed by atoms with Crippen molar-refractivity contribution >= 4 is 5.96 Å². The molecule has 0 bridgehead atoms. The summed E-state index contributed by atoms with van der Waals surface area (Å²) in [4.78, 5) is 9.66. The Balaban J connectivity index is 2.12. The minimum Gasteiger partial charge on any atom is -0.468 e. The Kier molecular flexibility index (Phi) is 6.77. The normalized spacial score (nSPS) is 17.3. The van der Waals surface area contributed by atoms with Gasteiger partial charge < -0.3 is 14.6 Å². The van der Waals surface area contributed by atoms with Crippen LogP contribution in [0.4, 0.5) is 0 Å². The maximum absolute atomic E-state index is 5.65. The number of likely N-dealkylation sites (N-methyl/N-ethyl adjacent to an activating group) is 1. The van der Waals surface area contributed by atoms with Crippen molar-refractivity contribution in [3.8, 4) is 0 Å². The van der Waals surface area contributed by atoms with Gasteiger partial charge in [-0.2, -0.15) is 0 Å². The highest BCUT2D eigenvalue weighted by atomic mass is 16.3. The van der Waals surface area contributed by atoms with Gasteiger partial charge in [0, 0.05) is 19.6 Å². The van der Waals surface area contributed by atoms with E-state index in [1.807, 2.05) is 6.07 Å². The lowest BCUT2D eigenvalue weighted by atomic mass is 10.2. The van der Waals surface area contributed by atoms with Crippen LogP contribution >= 0.6 is 0 Å². The van der Waals surface area contributed by atoms with Crippen molar-refractivity contribution in [1.29, 1.82) is 0 Å². The molecule has 0 aliphatic carbocycles. The number of rotatable bonds is 7. The van der Waals surface area contributed by atoms with Gasteiger partial charge in [0.15, 0.2) is 5.96 Å². The van der Waals surface area contributed by atoms with Gasteiger partial charge >= 0.3 is 0 Å². The van der Waals surface area contributed by atoms with E-state index in [1.165, 1.54) is 12.8 Å². The number of hydrogen-bond acceptors (Lipinski definition) is 3. The van der Waals surface area contributed by atoms with Crippen LogP contribution in [-0.2, 0) is 0 Å². The lowest BCUT2D eigenvalue weighted by Crippen LogP contribution is -2.40. The van der Waals surface area contributed by atoms with Crippen molar-refractivity contribution in [2.75, 3.05) is 39.3 Å². The van der Waals surface area contributed by atoms with Gasteiger partial charge in [-0.3, -0.25) is 9.89 Å². The molecule has 1 N–H and O–H groups in total. The van der Waals surface area contributed by atoms with Crippen LogP contribution in [0.2, 0.25) is 0 Å². The zero-order valence-corrected chi connectivity index (χ0v) is 14.2. The maximum atomic E-state index is 5.65. The summed E-state index contributed by atoms with van der Waals surface area (Å²) in [5, 5.41) is 3.43. The molecule has 1 aromatic rings. The molecule has 0 spiro atoms. The molecule has 0 radical (unpaired) electrons. The minimum absolute atomic E-state index is 0.209. The van der Waals surface area contributed by atoms with Crippen LogP contribution in [0.1, 0.15) is 45.4 Å². The van der Waals surface area contributed by atoms with Gasteiger partial charge in [0.25, 0.3) is 0 Å². The number of likely N-dealkylation sites (tertiary alicyclic amines) is 1. The lowest BCUT2D eigenvalue weighted by molar-refractivity contribution is 0.198. The number of hydrogen-bond donors (Lipinski definition) is 1. The second-order valence-electron chi connectivity index (χ2n) is 5.64. The van der Waals surface area contributed by atoms with Gasteiger partial charge in [-0.05, 0) is 45.0 Å². The van der Waals surface area contributed by atoms with E-state index in [1.54, 1.807) is 6.26 Å². The second-order valence-corrected chi connectivity index (χ2v) is 5.64. The molecule has 1 aliphatic rings. The fourth-order valence-corrected chi connectivity index (χ4v) is 3.06. The highest BCUT2D eigenvalue weighted by Crippen LogP contribution is 2.21. The smallest absolute Gasteiger partial charge is 0.193 e. The molecule has 1 saturated heterocycles. The zero-order valence-electron chi connectivity index (χ0n) is 14.2. The van der Waals surface area contributed by atoms with E-state index in [4.69, 9.17) is 9.41 Å². The highest BCUT2D eigenvalue weighted by Gasteiger charge is 2.22. The van der Waals surface area contributed by atoms with Crippen LogP contribution in [0.15, 0.2) is 27.8 Å². The topological polar surface area (TPSA) is 44.0 Å². The summed E-state index contributed by atoms with van der Waals surface area (Å²) in [6, 6.07) is 4.23. The molecular formula is C17H30N4O. The van der Waals surface area contributed by atoms with Crippen molar-refractivity contribution in [1.82, 2.24) is 15.1 Å². The molecule has 1 aliphatic heterocycles. The number of nitrogens with zero attached hydrogens (tertiary/aromatic N) is 3. The molecular weight excluding hydrogens is 276 g/mol. The number of aliphatic imine (C=N–C) groups is 1. The summed E-state index contributed by atoms with van der Waals surface area (Å²) in [6.45, 7) is 12.4. The lowest BCUT2D eigenvalue weighted by Gasteiger charge is -2.28. The molecule has 0 saturated carbocycles. The Bertz CT molecular complexity index is 434. The van der Waals surface area contributed by atoms with Crippen molar-refractivity contribution in [3.63, 3.8) is 0 Å². The van der Waals surface area contributed by atoms with Crippen LogP contribution in [0.3, 0.4) is 0 Å². The third-order valence-corrected chi connectivity index (χ3v) is 4.28. The predicted molar refractivity (Wildman–Crippen MR) is 91.2 cm³/mol. The van der Waals surface area contributed by atoms with E-state index in [-0.39, 0.29) is 6.04 Å². The quantitative estimate of drug-likeness (QED) is 0.621. The maximum Gasteiger partial charge on any atom is 0.193 e. The van der Waals surface area contributed by atoms with E-state index in [9.17, 15) is 0 Å². The molecule has 5 nitrogen and oxygen atoms in total. The molecule has 5 heteroatoms.